The van der Waals surface area contributed by atoms with E-state index in [1.807, 2.05) is 19.1 Å². The Bertz CT molecular complexity index is 1220. The zero-order valence-corrected chi connectivity index (χ0v) is 19.1. The van der Waals surface area contributed by atoms with Crippen LogP contribution in [0.5, 0.6) is 5.75 Å². The topological polar surface area (TPSA) is 106 Å². The Morgan fingerprint density at radius 2 is 1.94 bits per heavy atom. The van der Waals surface area contributed by atoms with Crippen LogP contribution in [0.3, 0.4) is 0 Å². The van der Waals surface area contributed by atoms with Crippen LogP contribution in [0.1, 0.15) is 35.4 Å². The Labute approximate surface area is 200 Å². The normalized spacial score (nSPS) is 13.8. The second-order valence-corrected chi connectivity index (χ2v) is 8.21. The predicted octanol–water partition coefficient (Wildman–Crippen LogP) is 4.14. The van der Waals surface area contributed by atoms with Crippen LogP contribution in [0, 0.1) is 6.92 Å². The zero-order valence-electron chi connectivity index (χ0n) is 19.1. The Morgan fingerprint density at radius 1 is 1.14 bits per heavy atom. The summed E-state index contributed by atoms with van der Waals surface area (Å²) in [4.78, 5) is 26.1. The smallest absolute Gasteiger partial charge is 0.416 e. The van der Waals surface area contributed by atoms with Crippen LogP contribution in [0.25, 0.3) is 0 Å². The third-order valence-electron chi connectivity index (χ3n) is 5.49. The first-order valence-corrected chi connectivity index (χ1v) is 11.1. The molecule has 0 saturated carbocycles. The van der Waals surface area contributed by atoms with Crippen molar-refractivity contribution >= 4 is 23.5 Å². The fourth-order valence-corrected chi connectivity index (χ4v) is 3.94. The van der Waals surface area contributed by atoms with Gasteiger partial charge >= 0.3 is 6.18 Å². The summed E-state index contributed by atoms with van der Waals surface area (Å²) >= 11 is 0. The van der Waals surface area contributed by atoms with E-state index in [1.165, 1.54) is 12.1 Å². The minimum absolute atomic E-state index is 0.00481. The second kappa shape index (κ2) is 10.2. The van der Waals surface area contributed by atoms with Crippen molar-refractivity contribution in [1.29, 1.82) is 0 Å². The van der Waals surface area contributed by atoms with E-state index in [9.17, 15) is 18.0 Å². The molecule has 4 rings (SSSR count). The molecule has 1 saturated heterocycles. The van der Waals surface area contributed by atoms with Gasteiger partial charge in [-0.25, -0.2) is 0 Å². The number of hydrogen-bond acceptors (Lipinski definition) is 7. The Hall–Kier alpha value is -3.89. The van der Waals surface area contributed by atoms with Crippen LogP contribution >= 0.6 is 0 Å². The maximum Gasteiger partial charge on any atom is 0.416 e. The van der Waals surface area contributed by atoms with Crippen molar-refractivity contribution in [3.8, 4) is 5.75 Å². The van der Waals surface area contributed by atoms with Crippen LogP contribution < -0.4 is 20.7 Å². The van der Waals surface area contributed by atoms with E-state index in [2.05, 4.69) is 20.3 Å². The Morgan fingerprint density at radius 3 is 2.69 bits per heavy atom. The molecule has 35 heavy (non-hydrogen) atoms. The van der Waals surface area contributed by atoms with Crippen molar-refractivity contribution in [3.05, 3.63) is 65.0 Å². The van der Waals surface area contributed by atoms with Gasteiger partial charge in [0.2, 0.25) is 17.8 Å². The highest BCUT2D eigenvalue weighted by molar-refractivity contribution is 5.95. The number of alkyl halides is 3. The zero-order chi connectivity index (χ0) is 25.0. The molecule has 184 valence electrons. The van der Waals surface area contributed by atoms with Crippen LogP contribution in [0.4, 0.5) is 30.8 Å². The number of carbonyl (C=O) groups excluding carboxylic acids is 1. The Balaban J connectivity index is 1.40. The summed E-state index contributed by atoms with van der Waals surface area (Å²) in [7, 11) is 0. The number of aromatic nitrogens is 3. The van der Waals surface area contributed by atoms with E-state index in [4.69, 9.17) is 10.5 Å². The lowest BCUT2D eigenvalue weighted by molar-refractivity contribution is -0.138. The number of anilines is 3. The summed E-state index contributed by atoms with van der Waals surface area (Å²) in [6.45, 7) is 2.75. The quantitative estimate of drug-likeness (QED) is 0.493. The number of aryl methyl sites for hydroxylation is 1. The van der Waals surface area contributed by atoms with Gasteiger partial charge in [-0.05, 0) is 49.1 Å². The summed E-state index contributed by atoms with van der Waals surface area (Å²) in [6, 6.07) is 11.0. The fraction of sp³-hybridized carbons (Fsp3) is 0.333. The number of nitrogens with two attached hydrogens (primary N) is 1. The highest BCUT2D eigenvalue weighted by atomic mass is 19.4. The van der Waals surface area contributed by atoms with E-state index in [0.29, 0.717) is 18.7 Å². The maximum atomic E-state index is 13.2. The number of amides is 1. The van der Waals surface area contributed by atoms with E-state index < -0.39 is 11.7 Å². The SMILES string of the molecule is Cc1cc(OCc2nc(N)nc(NCCc3ccccc3C(F)(F)F)n2)cc(N2CCCC2=O)c1. The summed E-state index contributed by atoms with van der Waals surface area (Å²) in [6.07, 6.45) is -2.94. The van der Waals surface area contributed by atoms with E-state index in [1.54, 1.807) is 17.0 Å². The molecule has 3 aromatic rings. The van der Waals surface area contributed by atoms with Crippen molar-refractivity contribution in [2.24, 2.45) is 0 Å². The monoisotopic (exact) mass is 486 g/mol. The summed E-state index contributed by atoms with van der Waals surface area (Å²) in [5.74, 6) is 1.01. The molecule has 1 aromatic heterocycles. The molecule has 0 aliphatic carbocycles. The van der Waals surface area contributed by atoms with Crippen molar-refractivity contribution in [2.75, 3.05) is 29.0 Å². The van der Waals surface area contributed by atoms with Crippen LogP contribution in [0.2, 0.25) is 0 Å². The molecule has 0 atom stereocenters. The summed E-state index contributed by atoms with van der Waals surface area (Å²) < 4.78 is 45.4. The van der Waals surface area contributed by atoms with Gasteiger partial charge in [-0.2, -0.15) is 28.1 Å². The van der Waals surface area contributed by atoms with Crippen LogP contribution in [-0.2, 0) is 24.0 Å². The molecule has 1 fully saturated rings. The third kappa shape index (κ3) is 6.17. The number of nitrogen functional groups attached to an aromatic ring is 1. The molecular formula is C24H25F3N6O2. The van der Waals surface area contributed by atoms with Gasteiger partial charge < -0.3 is 20.7 Å². The molecule has 0 spiro atoms. The molecule has 1 aliphatic rings. The van der Waals surface area contributed by atoms with Crippen molar-refractivity contribution in [2.45, 2.75) is 39.0 Å². The molecule has 0 bridgehead atoms. The third-order valence-corrected chi connectivity index (χ3v) is 5.49. The lowest BCUT2D eigenvalue weighted by Gasteiger charge is -2.18. The summed E-state index contributed by atoms with van der Waals surface area (Å²) in [5.41, 5.74) is 7.01. The largest absolute Gasteiger partial charge is 0.486 e. The van der Waals surface area contributed by atoms with Crippen LogP contribution in [0.15, 0.2) is 42.5 Å². The molecule has 3 N–H and O–H groups in total. The molecular weight excluding hydrogens is 461 g/mol. The number of hydrogen-bond donors (Lipinski definition) is 2. The van der Waals surface area contributed by atoms with Gasteiger partial charge in [0.25, 0.3) is 0 Å². The standard InChI is InChI=1S/C24H25F3N6O2/c1-15-11-17(33-10-4-7-21(33)34)13-18(12-15)35-14-20-30-22(28)32-23(31-20)29-9-8-16-5-2-3-6-19(16)24(25,26)27/h2-3,5-6,11-13H,4,7-10,14H2,1H3,(H3,28,29,30,31,32). The first-order chi connectivity index (χ1) is 16.7. The Kier molecular flexibility index (Phi) is 7.04. The second-order valence-electron chi connectivity index (χ2n) is 8.21. The molecule has 0 radical (unpaired) electrons. The van der Waals surface area contributed by atoms with Crippen molar-refractivity contribution in [1.82, 2.24) is 15.0 Å². The van der Waals surface area contributed by atoms with Gasteiger partial charge in [-0.1, -0.05) is 18.2 Å². The predicted molar refractivity (Wildman–Crippen MR) is 125 cm³/mol. The number of benzene rings is 2. The van der Waals surface area contributed by atoms with Gasteiger partial charge in [0.05, 0.1) is 5.56 Å². The lowest BCUT2D eigenvalue weighted by Crippen LogP contribution is -2.23. The molecule has 1 amide bonds. The summed E-state index contributed by atoms with van der Waals surface area (Å²) in [5, 5.41) is 2.90. The average Bonchev–Trinajstić information content (AvgIpc) is 3.23. The number of nitrogens with one attached hydrogen (secondary N) is 1. The van der Waals surface area contributed by atoms with Gasteiger partial charge in [0.1, 0.15) is 12.4 Å². The molecule has 0 unspecified atom stereocenters. The van der Waals surface area contributed by atoms with Crippen LogP contribution in [-0.4, -0.2) is 33.9 Å². The number of carbonyl (C=O) groups is 1. The minimum atomic E-state index is -4.42. The minimum Gasteiger partial charge on any atom is -0.486 e. The lowest BCUT2D eigenvalue weighted by atomic mass is 10.0. The van der Waals surface area contributed by atoms with E-state index >= 15 is 0 Å². The average molecular weight is 486 g/mol. The molecule has 1 aliphatic heterocycles. The first-order valence-electron chi connectivity index (χ1n) is 11.1. The van der Waals surface area contributed by atoms with Gasteiger partial charge in [-0.15, -0.1) is 0 Å². The molecule has 8 nitrogen and oxygen atoms in total. The highest BCUT2D eigenvalue weighted by Gasteiger charge is 2.32. The first kappa shape index (κ1) is 24.2. The van der Waals surface area contributed by atoms with E-state index in [-0.39, 0.29) is 48.8 Å². The fourth-order valence-electron chi connectivity index (χ4n) is 3.94. The molecule has 2 heterocycles. The van der Waals surface area contributed by atoms with Gasteiger partial charge in [0, 0.05) is 31.3 Å². The van der Waals surface area contributed by atoms with Gasteiger partial charge in [-0.3, -0.25) is 4.79 Å². The van der Waals surface area contributed by atoms with Gasteiger partial charge in [0.15, 0.2) is 5.82 Å². The number of halogens is 3. The van der Waals surface area contributed by atoms with E-state index in [0.717, 1.165) is 23.7 Å². The number of nitrogens with zero attached hydrogens (tertiary/aromatic N) is 4. The molecule has 2 aromatic carbocycles. The maximum absolute atomic E-state index is 13.2. The van der Waals surface area contributed by atoms with Crippen molar-refractivity contribution < 1.29 is 22.7 Å². The van der Waals surface area contributed by atoms with Crippen molar-refractivity contribution in [3.63, 3.8) is 0 Å². The number of rotatable bonds is 8. The highest BCUT2D eigenvalue weighted by Crippen LogP contribution is 2.32. The molecule has 11 heteroatoms. The number of ether oxygens (including phenoxy) is 1.